The van der Waals surface area contributed by atoms with Crippen LogP contribution in [0.5, 0.6) is 5.75 Å². The molecule has 0 heterocycles. The second kappa shape index (κ2) is 7.56. The largest absolute Gasteiger partial charge is 0.479 e. The minimum Gasteiger partial charge on any atom is -0.479 e. The smallest absolute Gasteiger partial charge is 0.336 e. The molecular weight excluding hydrogens is 292 g/mol. The Bertz CT molecular complexity index is 538. The predicted octanol–water partition coefficient (Wildman–Crippen LogP) is 1.14. The lowest BCUT2D eigenvalue weighted by atomic mass is 9.96. The van der Waals surface area contributed by atoms with Crippen LogP contribution in [-0.4, -0.2) is 39.8 Å². The van der Waals surface area contributed by atoms with E-state index in [1.807, 2.05) is 0 Å². The first-order chi connectivity index (χ1) is 10.2. The second-order valence-corrected chi connectivity index (χ2v) is 5.02. The zero-order valence-corrected chi connectivity index (χ0v) is 12.3. The Hall–Kier alpha value is -2.41. The van der Waals surface area contributed by atoms with Crippen molar-refractivity contribution in [3.05, 3.63) is 30.3 Å². The number of para-hydroxylation sites is 1. The van der Waals surface area contributed by atoms with E-state index in [0.717, 1.165) is 0 Å². The summed E-state index contributed by atoms with van der Waals surface area (Å²) >= 11 is 0. The van der Waals surface area contributed by atoms with Gasteiger partial charge in [-0.3, -0.25) is 9.59 Å². The molecule has 0 bridgehead atoms. The monoisotopic (exact) mass is 310 g/mol. The average Bonchev–Trinajstić information content (AvgIpc) is 2.37. The Kier molecular flexibility index (Phi) is 6.06. The lowest BCUT2D eigenvalue weighted by molar-refractivity contribution is -0.172. The van der Waals surface area contributed by atoms with Crippen molar-refractivity contribution < 1.29 is 34.1 Å². The third kappa shape index (κ3) is 5.53. The molecule has 0 saturated heterocycles. The molecule has 22 heavy (non-hydrogen) atoms. The van der Waals surface area contributed by atoms with Crippen molar-refractivity contribution in [2.24, 2.45) is 0 Å². The molecule has 0 aliphatic heterocycles. The number of carbonyl (C=O) groups is 3. The van der Waals surface area contributed by atoms with E-state index < -0.39 is 42.5 Å². The highest BCUT2D eigenvalue weighted by atomic mass is 16.5. The van der Waals surface area contributed by atoms with E-state index in [9.17, 15) is 19.5 Å². The van der Waals surface area contributed by atoms with Crippen molar-refractivity contribution in [2.75, 3.05) is 0 Å². The number of carbonyl (C=O) groups excluding carboxylic acids is 2. The normalized spacial score (nSPS) is 13.3. The number of esters is 2. The van der Waals surface area contributed by atoms with E-state index in [1.165, 1.54) is 12.1 Å². The van der Waals surface area contributed by atoms with Crippen molar-refractivity contribution in [3.63, 3.8) is 0 Å². The third-order valence-electron chi connectivity index (χ3n) is 2.61. The third-order valence-corrected chi connectivity index (χ3v) is 2.61. The Morgan fingerprint density at radius 1 is 1.09 bits per heavy atom. The first kappa shape index (κ1) is 17.6. The second-order valence-electron chi connectivity index (χ2n) is 5.02. The van der Waals surface area contributed by atoms with E-state index in [2.05, 4.69) is 0 Å². The molecule has 0 aliphatic carbocycles. The summed E-state index contributed by atoms with van der Waals surface area (Å²) in [4.78, 5) is 34.4. The van der Waals surface area contributed by atoms with Gasteiger partial charge < -0.3 is 19.7 Å². The number of aliphatic carboxylic acids is 1. The molecule has 0 amide bonds. The van der Waals surface area contributed by atoms with Crippen LogP contribution in [0.15, 0.2) is 30.3 Å². The molecule has 0 aliphatic rings. The molecule has 120 valence electrons. The van der Waals surface area contributed by atoms with Crippen LogP contribution >= 0.6 is 0 Å². The van der Waals surface area contributed by atoms with Gasteiger partial charge in [-0.15, -0.1) is 0 Å². The number of benzene rings is 1. The summed E-state index contributed by atoms with van der Waals surface area (Å²) in [6, 6.07) is 7.99. The van der Waals surface area contributed by atoms with E-state index in [-0.39, 0.29) is 5.75 Å². The molecule has 2 N–H and O–H groups in total. The van der Waals surface area contributed by atoms with Gasteiger partial charge in [0.2, 0.25) is 0 Å². The molecule has 0 fully saturated rings. The molecule has 7 nitrogen and oxygen atoms in total. The molecule has 0 aromatic heterocycles. The fourth-order valence-corrected chi connectivity index (χ4v) is 1.65. The van der Waals surface area contributed by atoms with Crippen LogP contribution in [0.4, 0.5) is 0 Å². The van der Waals surface area contributed by atoms with Gasteiger partial charge in [-0.1, -0.05) is 18.2 Å². The summed E-state index contributed by atoms with van der Waals surface area (Å²) in [5.41, 5.74) is -2.57. The summed E-state index contributed by atoms with van der Waals surface area (Å²) in [6.07, 6.45) is -2.17. The summed E-state index contributed by atoms with van der Waals surface area (Å²) in [7, 11) is 0. The SMILES string of the molecule is CC(C)OC(=O)CC(O)(CC(=O)Oc1ccccc1)C(=O)O. The zero-order chi connectivity index (χ0) is 16.8. The summed E-state index contributed by atoms with van der Waals surface area (Å²) < 4.78 is 9.69. The number of carboxylic acid groups (broad SMARTS) is 1. The van der Waals surface area contributed by atoms with Crippen molar-refractivity contribution >= 4 is 17.9 Å². The van der Waals surface area contributed by atoms with Gasteiger partial charge in [0.15, 0.2) is 5.60 Å². The zero-order valence-electron chi connectivity index (χ0n) is 12.3. The molecule has 0 saturated carbocycles. The van der Waals surface area contributed by atoms with Gasteiger partial charge in [0.05, 0.1) is 18.9 Å². The van der Waals surface area contributed by atoms with Gasteiger partial charge in [0.1, 0.15) is 5.75 Å². The highest BCUT2D eigenvalue weighted by Crippen LogP contribution is 2.19. The van der Waals surface area contributed by atoms with Gasteiger partial charge in [-0.05, 0) is 26.0 Å². The Morgan fingerprint density at radius 3 is 2.14 bits per heavy atom. The average molecular weight is 310 g/mol. The summed E-state index contributed by atoms with van der Waals surface area (Å²) in [5.74, 6) is -3.36. The van der Waals surface area contributed by atoms with Gasteiger partial charge in [-0.25, -0.2) is 4.79 Å². The van der Waals surface area contributed by atoms with Crippen molar-refractivity contribution in [1.29, 1.82) is 0 Å². The highest BCUT2D eigenvalue weighted by molar-refractivity contribution is 5.89. The molecule has 0 spiro atoms. The van der Waals surface area contributed by atoms with Crippen LogP contribution in [0.25, 0.3) is 0 Å². The van der Waals surface area contributed by atoms with Gasteiger partial charge in [-0.2, -0.15) is 0 Å². The molecule has 1 atom stereocenters. The Labute approximate surface area is 127 Å². The highest BCUT2D eigenvalue weighted by Gasteiger charge is 2.42. The fourth-order valence-electron chi connectivity index (χ4n) is 1.65. The van der Waals surface area contributed by atoms with Crippen LogP contribution in [0, 0.1) is 0 Å². The minimum absolute atomic E-state index is 0.213. The van der Waals surface area contributed by atoms with Crippen LogP contribution < -0.4 is 4.74 Å². The van der Waals surface area contributed by atoms with Crippen LogP contribution in [-0.2, 0) is 19.1 Å². The number of aliphatic hydroxyl groups is 1. The molecule has 1 aromatic rings. The molecular formula is C15H18O7. The van der Waals surface area contributed by atoms with Crippen LogP contribution in [0.2, 0.25) is 0 Å². The number of hydrogen-bond acceptors (Lipinski definition) is 6. The van der Waals surface area contributed by atoms with Gasteiger partial charge in [0, 0.05) is 0 Å². The maximum Gasteiger partial charge on any atom is 0.336 e. The maximum absolute atomic E-state index is 11.7. The topological polar surface area (TPSA) is 110 Å². The predicted molar refractivity (Wildman–Crippen MR) is 75.1 cm³/mol. The molecule has 1 rings (SSSR count). The lowest BCUT2D eigenvalue weighted by Gasteiger charge is -2.22. The van der Waals surface area contributed by atoms with E-state index in [0.29, 0.717) is 0 Å². The quantitative estimate of drug-likeness (QED) is 0.574. The number of hydrogen-bond donors (Lipinski definition) is 2. The molecule has 1 aromatic carbocycles. The molecule has 7 heteroatoms. The van der Waals surface area contributed by atoms with Gasteiger partial charge >= 0.3 is 17.9 Å². The van der Waals surface area contributed by atoms with E-state index >= 15 is 0 Å². The maximum atomic E-state index is 11.7. The van der Waals surface area contributed by atoms with Gasteiger partial charge in [0.25, 0.3) is 0 Å². The number of rotatable bonds is 7. The van der Waals surface area contributed by atoms with Crippen molar-refractivity contribution in [1.82, 2.24) is 0 Å². The van der Waals surface area contributed by atoms with Crippen molar-refractivity contribution in [3.8, 4) is 5.75 Å². The van der Waals surface area contributed by atoms with E-state index in [4.69, 9.17) is 14.6 Å². The van der Waals surface area contributed by atoms with Crippen molar-refractivity contribution in [2.45, 2.75) is 38.4 Å². The number of carboxylic acids is 1. The first-order valence-electron chi connectivity index (χ1n) is 6.64. The Balaban J connectivity index is 2.72. The van der Waals surface area contributed by atoms with E-state index in [1.54, 1.807) is 32.0 Å². The summed E-state index contributed by atoms with van der Waals surface area (Å²) in [5, 5.41) is 19.1. The standard InChI is InChI=1S/C15H18O7/c1-10(2)21-12(16)8-15(20,14(18)19)9-13(17)22-11-6-4-3-5-7-11/h3-7,10,20H,8-9H2,1-2H3,(H,18,19). The minimum atomic E-state index is -2.57. The number of ether oxygens (including phenoxy) is 2. The Morgan fingerprint density at radius 2 is 1.64 bits per heavy atom. The van der Waals surface area contributed by atoms with Crippen LogP contribution in [0.1, 0.15) is 26.7 Å². The molecule has 1 unspecified atom stereocenters. The fraction of sp³-hybridized carbons (Fsp3) is 0.400. The lowest BCUT2D eigenvalue weighted by Crippen LogP contribution is -2.44. The summed E-state index contributed by atoms with van der Waals surface area (Å²) in [6.45, 7) is 3.17. The van der Waals surface area contributed by atoms with Crippen LogP contribution in [0.3, 0.4) is 0 Å². The first-order valence-corrected chi connectivity index (χ1v) is 6.64. The molecule has 0 radical (unpaired) electrons.